The largest absolute Gasteiger partial charge is 0.481 e. The molecule has 1 fully saturated rings. The lowest BCUT2D eigenvalue weighted by Crippen LogP contribution is -2.34. The zero-order valence-electron chi connectivity index (χ0n) is 14.1. The van der Waals surface area contributed by atoms with Gasteiger partial charge in [0.15, 0.2) is 0 Å². The predicted molar refractivity (Wildman–Crippen MR) is 90.0 cm³/mol. The number of carbonyl (C=O) groups is 1. The smallest absolute Gasteiger partial charge is 0.306 e. The summed E-state index contributed by atoms with van der Waals surface area (Å²) in [5, 5.41) is 12.6. The topological polar surface area (TPSA) is 49.3 Å². The molecule has 0 unspecified atom stereocenters. The maximum Gasteiger partial charge on any atom is 0.306 e. The van der Waals surface area contributed by atoms with E-state index in [4.69, 9.17) is 5.11 Å². The van der Waals surface area contributed by atoms with Gasteiger partial charge >= 0.3 is 5.97 Å². The molecule has 0 bridgehead atoms. The van der Waals surface area contributed by atoms with Crippen molar-refractivity contribution in [2.75, 3.05) is 0 Å². The van der Waals surface area contributed by atoms with Gasteiger partial charge in [-0.1, -0.05) is 45.0 Å². The number of rotatable bonds is 6. The lowest BCUT2D eigenvalue weighted by molar-refractivity contribution is -0.142. The Morgan fingerprint density at radius 2 is 1.77 bits per heavy atom. The van der Waals surface area contributed by atoms with E-state index < -0.39 is 5.97 Å². The van der Waals surface area contributed by atoms with Crippen LogP contribution in [0.25, 0.3) is 0 Å². The Kier molecular flexibility index (Phi) is 5.63. The molecule has 0 radical (unpaired) electrons. The number of benzene rings is 1. The summed E-state index contributed by atoms with van der Waals surface area (Å²) in [6.45, 7) is 7.65. The fourth-order valence-corrected chi connectivity index (χ4v) is 3.08. The van der Waals surface area contributed by atoms with Gasteiger partial charge in [-0.3, -0.25) is 4.79 Å². The highest BCUT2D eigenvalue weighted by Gasteiger charge is 2.25. The van der Waals surface area contributed by atoms with Crippen molar-refractivity contribution in [1.29, 1.82) is 0 Å². The van der Waals surface area contributed by atoms with Crippen LogP contribution in [0.4, 0.5) is 0 Å². The maximum absolute atomic E-state index is 11.0. The van der Waals surface area contributed by atoms with Crippen molar-refractivity contribution in [3.05, 3.63) is 35.4 Å². The summed E-state index contributed by atoms with van der Waals surface area (Å²) in [7, 11) is 0. The normalized spacial score (nSPS) is 22.5. The summed E-state index contributed by atoms with van der Waals surface area (Å²) < 4.78 is 0. The van der Waals surface area contributed by atoms with Crippen LogP contribution in [-0.4, -0.2) is 17.1 Å². The first kappa shape index (κ1) is 17.0. The van der Waals surface area contributed by atoms with E-state index in [1.54, 1.807) is 0 Å². The lowest BCUT2D eigenvalue weighted by atomic mass is 9.82. The van der Waals surface area contributed by atoms with Crippen LogP contribution >= 0.6 is 0 Å². The van der Waals surface area contributed by atoms with Crippen molar-refractivity contribution < 1.29 is 9.90 Å². The minimum absolute atomic E-state index is 0.131. The molecule has 0 saturated heterocycles. The molecule has 1 aromatic rings. The van der Waals surface area contributed by atoms with Gasteiger partial charge in [0.25, 0.3) is 0 Å². The second-order valence-electron chi connectivity index (χ2n) is 7.20. The predicted octanol–water partition coefficient (Wildman–Crippen LogP) is 4.11. The molecule has 122 valence electrons. The Hall–Kier alpha value is -1.35. The first-order valence-corrected chi connectivity index (χ1v) is 8.48. The molecule has 0 atom stereocenters. The van der Waals surface area contributed by atoms with Crippen molar-refractivity contribution in [2.45, 2.75) is 70.9 Å². The van der Waals surface area contributed by atoms with Crippen LogP contribution in [0.5, 0.6) is 0 Å². The summed E-state index contributed by atoms with van der Waals surface area (Å²) in [5.74, 6) is -0.763. The standard InChI is InChI=1S/C19H29NO2/c1-4-19(2,3)16-9-5-14(6-10-16)13-20-17-11-7-15(8-12-17)18(21)22/h5-6,9-10,15,17,20H,4,7-8,11-13H2,1-3H3,(H,21,22). The lowest BCUT2D eigenvalue weighted by Gasteiger charge is -2.27. The van der Waals surface area contributed by atoms with Gasteiger partial charge in [-0.2, -0.15) is 0 Å². The summed E-state index contributed by atoms with van der Waals surface area (Å²) >= 11 is 0. The molecule has 1 aliphatic carbocycles. The molecule has 0 spiro atoms. The Morgan fingerprint density at radius 3 is 2.27 bits per heavy atom. The quantitative estimate of drug-likeness (QED) is 0.831. The van der Waals surface area contributed by atoms with Crippen LogP contribution in [0.15, 0.2) is 24.3 Å². The van der Waals surface area contributed by atoms with E-state index in [1.807, 2.05) is 0 Å². The third kappa shape index (κ3) is 4.33. The minimum Gasteiger partial charge on any atom is -0.481 e. The zero-order chi connectivity index (χ0) is 16.2. The molecule has 0 aromatic heterocycles. The summed E-state index contributed by atoms with van der Waals surface area (Å²) in [6, 6.07) is 9.36. The van der Waals surface area contributed by atoms with Gasteiger partial charge in [0.2, 0.25) is 0 Å². The highest BCUT2D eigenvalue weighted by molar-refractivity contribution is 5.70. The number of nitrogens with one attached hydrogen (secondary N) is 1. The number of carboxylic acids is 1. The van der Waals surface area contributed by atoms with Crippen LogP contribution in [0.2, 0.25) is 0 Å². The zero-order valence-corrected chi connectivity index (χ0v) is 14.1. The number of hydrogen-bond donors (Lipinski definition) is 2. The van der Waals surface area contributed by atoms with E-state index in [0.717, 1.165) is 38.6 Å². The van der Waals surface area contributed by atoms with Gasteiger partial charge in [-0.15, -0.1) is 0 Å². The van der Waals surface area contributed by atoms with Crippen molar-refractivity contribution >= 4 is 5.97 Å². The molecule has 2 rings (SSSR count). The highest BCUT2D eigenvalue weighted by Crippen LogP contribution is 2.27. The first-order valence-electron chi connectivity index (χ1n) is 8.48. The maximum atomic E-state index is 11.0. The molecule has 1 saturated carbocycles. The fourth-order valence-electron chi connectivity index (χ4n) is 3.08. The summed E-state index contributed by atoms with van der Waals surface area (Å²) in [6.07, 6.45) is 4.68. The molecule has 2 N–H and O–H groups in total. The average Bonchev–Trinajstić information content (AvgIpc) is 2.53. The van der Waals surface area contributed by atoms with Gasteiger partial charge in [0.1, 0.15) is 0 Å². The van der Waals surface area contributed by atoms with Crippen LogP contribution in [0.1, 0.15) is 64.0 Å². The molecule has 0 aliphatic heterocycles. The SMILES string of the molecule is CCC(C)(C)c1ccc(CNC2CCC(C(=O)O)CC2)cc1. The van der Waals surface area contributed by atoms with Crippen molar-refractivity contribution in [1.82, 2.24) is 5.32 Å². The van der Waals surface area contributed by atoms with E-state index in [0.29, 0.717) is 6.04 Å². The van der Waals surface area contributed by atoms with Crippen LogP contribution in [-0.2, 0) is 16.8 Å². The van der Waals surface area contributed by atoms with Crippen molar-refractivity contribution in [3.63, 3.8) is 0 Å². The van der Waals surface area contributed by atoms with Crippen LogP contribution in [0, 0.1) is 5.92 Å². The summed E-state index contributed by atoms with van der Waals surface area (Å²) in [4.78, 5) is 11.0. The number of aliphatic carboxylic acids is 1. The molecule has 1 aromatic carbocycles. The minimum atomic E-state index is -0.632. The second kappa shape index (κ2) is 7.28. The molecule has 1 aliphatic rings. The Morgan fingerprint density at radius 1 is 1.18 bits per heavy atom. The highest BCUT2D eigenvalue weighted by atomic mass is 16.4. The van der Waals surface area contributed by atoms with E-state index in [9.17, 15) is 4.79 Å². The van der Waals surface area contributed by atoms with Gasteiger partial charge in [0, 0.05) is 12.6 Å². The third-order valence-corrected chi connectivity index (χ3v) is 5.29. The molecule has 0 heterocycles. The molecular formula is C19H29NO2. The van der Waals surface area contributed by atoms with E-state index in [2.05, 4.69) is 50.4 Å². The molecular weight excluding hydrogens is 274 g/mol. The second-order valence-corrected chi connectivity index (χ2v) is 7.20. The van der Waals surface area contributed by atoms with E-state index >= 15 is 0 Å². The van der Waals surface area contributed by atoms with Gasteiger partial charge in [0.05, 0.1) is 5.92 Å². The number of hydrogen-bond acceptors (Lipinski definition) is 2. The van der Waals surface area contributed by atoms with Gasteiger partial charge in [-0.05, 0) is 48.6 Å². The van der Waals surface area contributed by atoms with Crippen LogP contribution < -0.4 is 5.32 Å². The van der Waals surface area contributed by atoms with Gasteiger partial charge < -0.3 is 10.4 Å². The average molecular weight is 303 g/mol. The van der Waals surface area contributed by atoms with E-state index in [1.165, 1.54) is 11.1 Å². The van der Waals surface area contributed by atoms with Gasteiger partial charge in [-0.25, -0.2) is 0 Å². The Bertz CT molecular complexity index is 485. The molecule has 22 heavy (non-hydrogen) atoms. The molecule has 0 amide bonds. The van der Waals surface area contributed by atoms with Crippen LogP contribution in [0.3, 0.4) is 0 Å². The third-order valence-electron chi connectivity index (χ3n) is 5.29. The monoisotopic (exact) mass is 303 g/mol. The van der Waals surface area contributed by atoms with Crippen molar-refractivity contribution in [3.8, 4) is 0 Å². The van der Waals surface area contributed by atoms with E-state index in [-0.39, 0.29) is 11.3 Å². The fraction of sp³-hybridized carbons (Fsp3) is 0.632. The van der Waals surface area contributed by atoms with Crippen molar-refractivity contribution in [2.24, 2.45) is 5.92 Å². The number of carboxylic acid groups (broad SMARTS) is 1. The summed E-state index contributed by atoms with van der Waals surface area (Å²) in [5.41, 5.74) is 2.93. The Balaban J connectivity index is 1.82. The molecule has 3 nitrogen and oxygen atoms in total. The first-order chi connectivity index (χ1) is 10.4. The molecule has 3 heteroatoms. The Labute approximate surface area is 134 Å².